The maximum atomic E-state index is 12.4. The van der Waals surface area contributed by atoms with Gasteiger partial charge in [-0.2, -0.15) is 27.1 Å². The zero-order valence-corrected chi connectivity index (χ0v) is 16.3. The Morgan fingerprint density at radius 1 is 1.14 bits per heavy atom. The number of hydrazone groups is 1. The van der Waals surface area contributed by atoms with Crippen LogP contribution in [-0.2, 0) is 10.0 Å². The van der Waals surface area contributed by atoms with Gasteiger partial charge in [-0.3, -0.25) is 0 Å². The second-order valence-corrected chi connectivity index (χ2v) is 7.10. The summed E-state index contributed by atoms with van der Waals surface area (Å²) in [5.74, 6) is 0.491. The number of halogens is 2. The third-order valence-corrected chi connectivity index (χ3v) is 4.80. The van der Waals surface area contributed by atoms with Crippen LogP contribution in [0.5, 0.6) is 17.2 Å². The molecule has 152 valence electrons. The number of hydrogen-bond donors (Lipinski definition) is 1. The molecule has 0 aliphatic rings. The third kappa shape index (κ3) is 5.56. The lowest BCUT2D eigenvalue weighted by atomic mass is 10.1. The molecule has 0 heterocycles. The van der Waals surface area contributed by atoms with Crippen molar-refractivity contribution in [3.63, 3.8) is 0 Å². The Kier molecular flexibility index (Phi) is 7.16. The normalized spacial score (nSPS) is 12.0. The molecule has 1 N–H and O–H groups in total. The highest BCUT2D eigenvalue weighted by Gasteiger charge is 2.15. The van der Waals surface area contributed by atoms with E-state index in [1.165, 1.54) is 37.4 Å². The molecule has 0 aromatic heterocycles. The lowest BCUT2D eigenvalue weighted by Gasteiger charge is -2.11. The lowest BCUT2D eigenvalue weighted by Crippen LogP contribution is -2.20. The largest absolute Gasteiger partial charge is 0.494 e. The van der Waals surface area contributed by atoms with E-state index < -0.39 is 16.6 Å². The van der Waals surface area contributed by atoms with E-state index in [-0.39, 0.29) is 16.4 Å². The number of hydrogen-bond acceptors (Lipinski definition) is 6. The van der Waals surface area contributed by atoms with Crippen LogP contribution in [0.1, 0.15) is 19.4 Å². The summed E-state index contributed by atoms with van der Waals surface area (Å²) in [6.07, 6.45) is 0. The summed E-state index contributed by atoms with van der Waals surface area (Å²) in [5.41, 5.74) is 0.768. The van der Waals surface area contributed by atoms with E-state index in [4.69, 9.17) is 9.47 Å². The first-order chi connectivity index (χ1) is 13.3. The first kappa shape index (κ1) is 21.4. The van der Waals surface area contributed by atoms with Gasteiger partial charge in [0.15, 0.2) is 11.5 Å². The molecule has 28 heavy (non-hydrogen) atoms. The average Bonchev–Trinajstić information content (AvgIpc) is 2.67. The highest BCUT2D eigenvalue weighted by molar-refractivity contribution is 7.89. The van der Waals surface area contributed by atoms with Crippen molar-refractivity contribution in [1.29, 1.82) is 0 Å². The second-order valence-electron chi connectivity index (χ2n) is 5.44. The predicted molar refractivity (Wildman–Crippen MR) is 99.8 cm³/mol. The fourth-order valence-corrected chi connectivity index (χ4v) is 3.07. The Balaban J connectivity index is 2.18. The molecule has 2 aromatic carbocycles. The fourth-order valence-electron chi connectivity index (χ4n) is 2.21. The zero-order valence-electron chi connectivity index (χ0n) is 15.5. The SMILES string of the molecule is CCOc1ccc(S(=O)(=O)N/N=C(/C)c2ccc(OC(F)F)c(OC)c2)cc1. The van der Waals surface area contributed by atoms with Gasteiger partial charge in [0.05, 0.1) is 24.3 Å². The second kappa shape index (κ2) is 9.36. The van der Waals surface area contributed by atoms with Crippen molar-refractivity contribution in [3.8, 4) is 17.2 Å². The molecule has 0 aliphatic heterocycles. The molecule has 0 atom stereocenters. The number of ether oxygens (including phenoxy) is 3. The van der Waals surface area contributed by atoms with Gasteiger partial charge in [0.2, 0.25) is 0 Å². The number of rotatable bonds is 9. The van der Waals surface area contributed by atoms with Crippen LogP contribution in [0.3, 0.4) is 0 Å². The van der Waals surface area contributed by atoms with E-state index in [1.54, 1.807) is 19.1 Å². The first-order valence-electron chi connectivity index (χ1n) is 8.19. The predicted octanol–water partition coefficient (Wildman–Crippen LogP) is 3.40. The molecule has 0 amide bonds. The molecule has 0 saturated carbocycles. The van der Waals surface area contributed by atoms with Crippen LogP contribution in [0.2, 0.25) is 0 Å². The van der Waals surface area contributed by atoms with Crippen molar-refractivity contribution in [2.45, 2.75) is 25.4 Å². The van der Waals surface area contributed by atoms with Crippen LogP contribution >= 0.6 is 0 Å². The third-order valence-electron chi connectivity index (χ3n) is 3.58. The molecular weight excluding hydrogens is 394 g/mol. The van der Waals surface area contributed by atoms with Gasteiger partial charge in [0.25, 0.3) is 10.0 Å². The fraction of sp³-hybridized carbons (Fsp3) is 0.278. The van der Waals surface area contributed by atoms with Gasteiger partial charge in [-0.25, -0.2) is 0 Å². The molecule has 0 unspecified atom stereocenters. The Morgan fingerprint density at radius 2 is 1.82 bits per heavy atom. The molecule has 10 heteroatoms. The van der Waals surface area contributed by atoms with Crippen LogP contribution in [0.25, 0.3) is 0 Å². The minimum Gasteiger partial charge on any atom is -0.494 e. The maximum absolute atomic E-state index is 12.4. The minimum atomic E-state index is -3.88. The standard InChI is InChI=1S/C18H20F2N2O5S/c1-4-26-14-6-8-15(9-7-14)28(23,24)22-21-12(2)13-5-10-16(27-18(19)20)17(11-13)25-3/h5-11,18,22H,4H2,1-3H3/b21-12-. The van der Waals surface area contributed by atoms with Gasteiger partial charge in [-0.05, 0) is 56.3 Å². The Labute approximate surface area is 162 Å². The molecule has 0 bridgehead atoms. The zero-order chi connectivity index (χ0) is 20.7. The molecule has 7 nitrogen and oxygen atoms in total. The summed E-state index contributed by atoms with van der Waals surface area (Å²) in [4.78, 5) is 2.16. The topological polar surface area (TPSA) is 86.2 Å². The smallest absolute Gasteiger partial charge is 0.387 e. The lowest BCUT2D eigenvalue weighted by molar-refractivity contribution is -0.0512. The van der Waals surface area contributed by atoms with Crippen molar-refractivity contribution < 1.29 is 31.4 Å². The van der Waals surface area contributed by atoms with Crippen LogP contribution in [0, 0.1) is 0 Å². The summed E-state index contributed by atoms with van der Waals surface area (Å²) in [6, 6.07) is 10.1. The van der Waals surface area contributed by atoms with Gasteiger partial charge in [-0.1, -0.05) is 0 Å². The summed E-state index contributed by atoms with van der Waals surface area (Å²) in [5, 5.41) is 3.87. The molecule has 2 rings (SSSR count). The van der Waals surface area contributed by atoms with E-state index in [2.05, 4.69) is 14.7 Å². The first-order valence-corrected chi connectivity index (χ1v) is 9.67. The highest BCUT2D eigenvalue weighted by Crippen LogP contribution is 2.29. The number of methoxy groups -OCH3 is 1. The van der Waals surface area contributed by atoms with Crippen LogP contribution in [-0.4, -0.2) is 34.5 Å². The molecule has 0 saturated heterocycles. The van der Waals surface area contributed by atoms with Gasteiger partial charge < -0.3 is 14.2 Å². The number of nitrogens with one attached hydrogen (secondary N) is 1. The molecule has 0 fully saturated rings. The summed E-state index contributed by atoms with van der Waals surface area (Å²) in [6.45, 7) is 0.863. The monoisotopic (exact) mass is 414 g/mol. The van der Waals surface area contributed by atoms with E-state index in [0.29, 0.717) is 23.6 Å². The maximum Gasteiger partial charge on any atom is 0.387 e. The van der Waals surface area contributed by atoms with Crippen molar-refractivity contribution >= 4 is 15.7 Å². The van der Waals surface area contributed by atoms with Gasteiger partial charge in [0.1, 0.15) is 5.75 Å². The van der Waals surface area contributed by atoms with Crippen LogP contribution < -0.4 is 19.0 Å². The van der Waals surface area contributed by atoms with Crippen molar-refractivity contribution in [3.05, 3.63) is 48.0 Å². The van der Waals surface area contributed by atoms with E-state index in [1.807, 2.05) is 6.92 Å². The van der Waals surface area contributed by atoms with Crippen LogP contribution in [0.15, 0.2) is 52.5 Å². The van der Waals surface area contributed by atoms with E-state index in [0.717, 1.165) is 0 Å². The Morgan fingerprint density at radius 3 is 2.39 bits per heavy atom. The number of benzene rings is 2. The van der Waals surface area contributed by atoms with Gasteiger partial charge in [-0.15, -0.1) is 0 Å². The highest BCUT2D eigenvalue weighted by atomic mass is 32.2. The summed E-state index contributed by atoms with van der Waals surface area (Å²) >= 11 is 0. The minimum absolute atomic E-state index is 0.0192. The van der Waals surface area contributed by atoms with Gasteiger partial charge in [0, 0.05) is 5.56 Å². The number of sulfonamides is 1. The van der Waals surface area contributed by atoms with Crippen molar-refractivity contribution in [2.75, 3.05) is 13.7 Å². The molecule has 0 aliphatic carbocycles. The van der Waals surface area contributed by atoms with Crippen molar-refractivity contribution in [1.82, 2.24) is 4.83 Å². The van der Waals surface area contributed by atoms with Gasteiger partial charge >= 0.3 is 6.61 Å². The number of nitrogens with zero attached hydrogens (tertiary/aromatic N) is 1. The summed E-state index contributed by atoms with van der Waals surface area (Å²) in [7, 11) is -2.58. The molecule has 0 radical (unpaired) electrons. The van der Waals surface area contributed by atoms with E-state index >= 15 is 0 Å². The Hall–Kier alpha value is -2.88. The van der Waals surface area contributed by atoms with Crippen molar-refractivity contribution in [2.24, 2.45) is 5.10 Å². The quantitative estimate of drug-likeness (QED) is 0.502. The number of alkyl halides is 2. The average molecular weight is 414 g/mol. The molecular formula is C18H20F2N2O5S. The van der Waals surface area contributed by atoms with E-state index in [9.17, 15) is 17.2 Å². The van der Waals surface area contributed by atoms with Crippen LogP contribution in [0.4, 0.5) is 8.78 Å². The Bertz CT molecular complexity index is 931. The molecule has 0 spiro atoms. The summed E-state index contributed by atoms with van der Waals surface area (Å²) < 4.78 is 64.1. The molecule has 2 aromatic rings.